The molecule has 1 amide bonds. The lowest BCUT2D eigenvalue weighted by atomic mass is 9.47. The Morgan fingerprint density at radius 3 is 2.64 bits per heavy atom. The van der Waals surface area contributed by atoms with Crippen molar-refractivity contribution in [3.63, 3.8) is 0 Å². The van der Waals surface area contributed by atoms with Crippen molar-refractivity contribution in [2.75, 3.05) is 0 Å². The zero-order chi connectivity index (χ0) is 19.5. The summed E-state index contributed by atoms with van der Waals surface area (Å²) in [6.45, 7) is 4.74. The van der Waals surface area contributed by atoms with Crippen LogP contribution in [0.5, 0.6) is 0 Å². The molecule has 0 saturated heterocycles. The molecule has 148 valence electrons. The molecule has 2 heterocycles. The third-order valence-electron chi connectivity index (χ3n) is 8.97. The maximum absolute atomic E-state index is 13.3. The van der Waals surface area contributed by atoms with Gasteiger partial charge in [0, 0.05) is 35.3 Å². The molecule has 2 unspecified atom stereocenters. The van der Waals surface area contributed by atoms with Crippen molar-refractivity contribution in [1.82, 2.24) is 10.3 Å². The van der Waals surface area contributed by atoms with Gasteiger partial charge in [0.2, 0.25) is 5.91 Å². The van der Waals surface area contributed by atoms with Crippen LogP contribution < -0.4 is 5.32 Å². The van der Waals surface area contributed by atoms with E-state index in [9.17, 15) is 9.59 Å². The second-order valence-electron chi connectivity index (χ2n) is 9.99. The monoisotopic (exact) mass is 378 g/mol. The first-order valence-electron chi connectivity index (χ1n) is 10.9. The normalized spacial score (nSPS) is 44.2. The summed E-state index contributed by atoms with van der Waals surface area (Å²) < 4.78 is 0. The Morgan fingerprint density at radius 2 is 1.86 bits per heavy atom. The Kier molecular flexibility index (Phi) is 4.05. The summed E-state index contributed by atoms with van der Waals surface area (Å²) in [5.41, 5.74) is 0.982. The average Bonchev–Trinajstić information content (AvgIpc) is 3.06. The smallest absolute Gasteiger partial charge is 0.243 e. The van der Waals surface area contributed by atoms with Gasteiger partial charge in [-0.3, -0.25) is 14.6 Å². The van der Waals surface area contributed by atoms with Crippen molar-refractivity contribution in [2.24, 2.45) is 34.5 Å². The number of carbonyl (C=O) groups excluding carboxylic acids is 2. The zero-order valence-electron chi connectivity index (χ0n) is 16.9. The fourth-order valence-electron chi connectivity index (χ4n) is 7.48. The third-order valence-corrected chi connectivity index (χ3v) is 8.97. The molecule has 4 nitrogen and oxygen atoms in total. The topological polar surface area (TPSA) is 59.1 Å². The van der Waals surface area contributed by atoms with Crippen LogP contribution in [0.25, 0.3) is 0 Å². The van der Waals surface area contributed by atoms with Crippen LogP contribution in [0.1, 0.15) is 62.7 Å². The standard InChI is InChI=1S/C24H30N2O2/c1-23-11-7-18-16(3-6-20-24(18,2)12-8-21(27)26-20)17(23)4-5-19(23)22(28)15-9-13-25-14-10-15/h8-10,12-14,16-20H,3-7,11H2,1-2H3,(H,26,27)/t16-,17-,18+,19?,20?,23-,24+/m0/s1. The van der Waals surface area contributed by atoms with E-state index in [4.69, 9.17) is 0 Å². The molecule has 3 aliphatic carbocycles. The number of aromatic nitrogens is 1. The number of nitrogens with one attached hydrogen (secondary N) is 1. The number of Topliss-reactive ketones (excluding diaryl/α,β-unsaturated/α-hetero) is 1. The fourth-order valence-corrected chi connectivity index (χ4v) is 7.48. The number of nitrogens with zero attached hydrogens (tertiary/aromatic N) is 1. The molecule has 5 rings (SSSR count). The van der Waals surface area contributed by atoms with Crippen molar-refractivity contribution in [2.45, 2.75) is 58.4 Å². The highest BCUT2D eigenvalue weighted by molar-refractivity contribution is 5.98. The van der Waals surface area contributed by atoms with E-state index in [0.29, 0.717) is 23.5 Å². The molecule has 3 saturated carbocycles. The quantitative estimate of drug-likeness (QED) is 0.786. The molecule has 1 aliphatic heterocycles. The molecule has 7 atom stereocenters. The summed E-state index contributed by atoms with van der Waals surface area (Å²) in [7, 11) is 0. The first-order chi connectivity index (χ1) is 13.4. The number of fused-ring (bicyclic) bond motifs is 5. The Labute approximate surface area is 167 Å². The van der Waals surface area contributed by atoms with Crippen LogP contribution in [0, 0.1) is 34.5 Å². The van der Waals surface area contributed by atoms with Crippen molar-refractivity contribution in [1.29, 1.82) is 0 Å². The zero-order valence-corrected chi connectivity index (χ0v) is 16.9. The fraction of sp³-hybridized carbons (Fsp3) is 0.625. The molecule has 28 heavy (non-hydrogen) atoms. The van der Waals surface area contributed by atoms with Crippen LogP contribution in [-0.2, 0) is 4.79 Å². The first-order valence-corrected chi connectivity index (χ1v) is 10.9. The second-order valence-corrected chi connectivity index (χ2v) is 9.99. The van der Waals surface area contributed by atoms with Crippen LogP contribution in [-0.4, -0.2) is 22.7 Å². The number of amides is 1. The SMILES string of the molecule is C[C@]12C=CC(=O)NC1CC[C@@H]1[C@H]2CC[C@]2(C)C(C(=O)c3ccncc3)CC[C@@H]12. The van der Waals surface area contributed by atoms with Crippen LogP contribution in [0.4, 0.5) is 0 Å². The third kappa shape index (κ3) is 2.46. The molecule has 0 spiro atoms. The molecule has 1 aromatic heterocycles. The van der Waals surface area contributed by atoms with Crippen LogP contribution >= 0.6 is 0 Å². The summed E-state index contributed by atoms with van der Waals surface area (Å²) in [6.07, 6.45) is 14.1. The highest BCUT2D eigenvalue weighted by Gasteiger charge is 2.60. The van der Waals surface area contributed by atoms with Gasteiger partial charge in [0.25, 0.3) is 0 Å². The predicted molar refractivity (Wildman–Crippen MR) is 108 cm³/mol. The van der Waals surface area contributed by atoms with Gasteiger partial charge in [-0.1, -0.05) is 19.9 Å². The summed E-state index contributed by atoms with van der Waals surface area (Å²) >= 11 is 0. The van der Waals surface area contributed by atoms with E-state index in [1.54, 1.807) is 18.5 Å². The van der Waals surface area contributed by atoms with E-state index in [-0.39, 0.29) is 28.7 Å². The minimum Gasteiger partial charge on any atom is -0.349 e. The van der Waals surface area contributed by atoms with E-state index in [1.807, 2.05) is 12.1 Å². The van der Waals surface area contributed by atoms with Gasteiger partial charge in [0.05, 0.1) is 0 Å². The highest BCUT2D eigenvalue weighted by Crippen LogP contribution is 2.65. The van der Waals surface area contributed by atoms with Gasteiger partial charge in [-0.05, 0) is 79.9 Å². The Morgan fingerprint density at radius 1 is 1.07 bits per heavy atom. The molecule has 1 N–H and O–H groups in total. The molecule has 0 aromatic carbocycles. The van der Waals surface area contributed by atoms with Crippen molar-refractivity contribution >= 4 is 11.7 Å². The number of hydrogen-bond donors (Lipinski definition) is 1. The van der Waals surface area contributed by atoms with Gasteiger partial charge in [-0.2, -0.15) is 0 Å². The van der Waals surface area contributed by atoms with E-state index < -0.39 is 0 Å². The average molecular weight is 379 g/mol. The molecule has 1 aromatic rings. The summed E-state index contributed by atoms with van der Waals surface area (Å²) in [5.74, 6) is 2.39. The van der Waals surface area contributed by atoms with Crippen molar-refractivity contribution in [3.8, 4) is 0 Å². The second kappa shape index (κ2) is 6.27. The first kappa shape index (κ1) is 18.1. The lowest BCUT2D eigenvalue weighted by molar-refractivity contribution is -0.122. The number of hydrogen-bond acceptors (Lipinski definition) is 3. The minimum absolute atomic E-state index is 0.0606. The van der Waals surface area contributed by atoms with Gasteiger partial charge < -0.3 is 5.32 Å². The van der Waals surface area contributed by atoms with Crippen molar-refractivity contribution in [3.05, 3.63) is 42.2 Å². The van der Waals surface area contributed by atoms with E-state index in [2.05, 4.69) is 30.2 Å². The number of rotatable bonds is 2. The molecule has 4 aliphatic rings. The van der Waals surface area contributed by atoms with Crippen LogP contribution in [0.15, 0.2) is 36.7 Å². The molecule has 3 fully saturated rings. The number of pyridine rings is 1. The Balaban J connectivity index is 1.44. The highest BCUT2D eigenvalue weighted by atomic mass is 16.1. The predicted octanol–water partition coefficient (Wildman–Crippen LogP) is 4.18. The van der Waals surface area contributed by atoms with E-state index >= 15 is 0 Å². The Hall–Kier alpha value is -1.97. The summed E-state index contributed by atoms with van der Waals surface area (Å²) in [5, 5.41) is 3.22. The van der Waals surface area contributed by atoms with Crippen LogP contribution in [0.3, 0.4) is 0 Å². The molecule has 4 heteroatoms. The van der Waals surface area contributed by atoms with Gasteiger partial charge in [0.15, 0.2) is 5.78 Å². The largest absolute Gasteiger partial charge is 0.349 e. The maximum Gasteiger partial charge on any atom is 0.243 e. The maximum atomic E-state index is 13.3. The van der Waals surface area contributed by atoms with Crippen LogP contribution in [0.2, 0.25) is 0 Å². The molecular formula is C24H30N2O2. The molecular weight excluding hydrogens is 348 g/mol. The molecule has 0 radical (unpaired) electrons. The van der Waals surface area contributed by atoms with Gasteiger partial charge in [0.1, 0.15) is 0 Å². The van der Waals surface area contributed by atoms with Gasteiger partial charge >= 0.3 is 0 Å². The number of ketones is 1. The molecule has 0 bridgehead atoms. The lowest BCUT2D eigenvalue weighted by Crippen LogP contribution is -2.59. The number of carbonyl (C=O) groups is 2. The minimum atomic E-state index is 0.0606. The van der Waals surface area contributed by atoms with Gasteiger partial charge in [-0.25, -0.2) is 0 Å². The summed E-state index contributed by atoms with van der Waals surface area (Å²) in [6, 6.07) is 4.00. The van der Waals surface area contributed by atoms with E-state index in [1.165, 1.54) is 6.42 Å². The lowest BCUT2D eigenvalue weighted by Gasteiger charge is -2.58. The Bertz CT molecular complexity index is 834. The summed E-state index contributed by atoms with van der Waals surface area (Å²) in [4.78, 5) is 29.2. The van der Waals surface area contributed by atoms with E-state index in [0.717, 1.165) is 37.7 Å². The van der Waals surface area contributed by atoms with Gasteiger partial charge in [-0.15, -0.1) is 0 Å². The van der Waals surface area contributed by atoms with Crippen molar-refractivity contribution < 1.29 is 9.59 Å².